The molecule has 13 nitrogen and oxygen atoms in total. The Hall–Kier alpha value is -4.26. The van der Waals surface area contributed by atoms with Crippen molar-refractivity contribution in [2.45, 2.75) is 82.9 Å². The fourth-order valence-corrected chi connectivity index (χ4v) is 5.29. The summed E-state index contributed by atoms with van der Waals surface area (Å²) in [6.07, 6.45) is 8.43. The third-order valence-electron chi connectivity index (χ3n) is 7.66. The van der Waals surface area contributed by atoms with Gasteiger partial charge in [0.15, 0.2) is 0 Å². The van der Waals surface area contributed by atoms with Gasteiger partial charge in [0.2, 0.25) is 17.7 Å². The summed E-state index contributed by atoms with van der Waals surface area (Å²) < 4.78 is 0. The van der Waals surface area contributed by atoms with Crippen LogP contribution < -0.4 is 27.0 Å². The van der Waals surface area contributed by atoms with Crippen LogP contribution in [0.25, 0.3) is 0 Å². The predicted octanol–water partition coefficient (Wildman–Crippen LogP) is 1.21. The van der Waals surface area contributed by atoms with Gasteiger partial charge in [0.25, 0.3) is 11.8 Å². The molecular formula is C30H42N6O7. The van der Waals surface area contributed by atoms with Gasteiger partial charge in [-0.25, -0.2) is 4.79 Å². The van der Waals surface area contributed by atoms with Crippen molar-refractivity contribution in [1.29, 1.82) is 0 Å². The monoisotopic (exact) mass is 598 g/mol. The Morgan fingerprint density at radius 1 is 0.907 bits per heavy atom. The number of amides is 7. The molecule has 7 N–H and O–H groups in total. The highest BCUT2D eigenvalue weighted by Crippen LogP contribution is 2.28. The molecule has 0 radical (unpaired) electrons. The average molecular weight is 599 g/mol. The molecule has 13 heteroatoms. The summed E-state index contributed by atoms with van der Waals surface area (Å²) in [5.74, 6) is -1.90. The molecule has 2 aliphatic rings. The van der Waals surface area contributed by atoms with Crippen LogP contribution >= 0.6 is 0 Å². The van der Waals surface area contributed by atoms with Crippen molar-refractivity contribution in [3.63, 3.8) is 0 Å². The molecule has 3 rings (SSSR count). The number of carbonyl (C=O) groups excluding carboxylic acids is 6. The van der Waals surface area contributed by atoms with Crippen LogP contribution in [0.2, 0.25) is 0 Å². The second-order valence-electron chi connectivity index (χ2n) is 10.9. The van der Waals surface area contributed by atoms with Crippen molar-refractivity contribution < 1.29 is 33.9 Å². The molecule has 0 aromatic heterocycles. The third kappa shape index (κ3) is 10.8. The van der Waals surface area contributed by atoms with Crippen molar-refractivity contribution in [3.05, 3.63) is 42.0 Å². The lowest BCUT2D eigenvalue weighted by Crippen LogP contribution is -2.55. The van der Waals surface area contributed by atoms with E-state index in [0.717, 1.165) is 25.7 Å². The van der Waals surface area contributed by atoms with Gasteiger partial charge in [0.05, 0.1) is 6.61 Å². The Morgan fingerprint density at radius 3 is 2.21 bits per heavy atom. The number of nitrogens with one attached hydrogen (secondary N) is 4. The number of aliphatic hydroxyl groups excluding tert-OH is 1. The lowest BCUT2D eigenvalue weighted by molar-refractivity contribution is -0.137. The molecule has 1 heterocycles. The first-order chi connectivity index (χ1) is 20.7. The molecule has 0 saturated heterocycles. The van der Waals surface area contributed by atoms with Gasteiger partial charge in [0.1, 0.15) is 12.1 Å². The minimum absolute atomic E-state index is 0.0603. The van der Waals surface area contributed by atoms with Gasteiger partial charge < -0.3 is 32.1 Å². The fraction of sp³-hybridized carbons (Fsp3) is 0.533. The number of imide groups is 1. The first kappa shape index (κ1) is 33.2. The number of urea groups is 1. The number of anilines is 1. The van der Waals surface area contributed by atoms with E-state index in [-0.39, 0.29) is 49.6 Å². The molecule has 0 unspecified atom stereocenters. The number of benzene rings is 1. The first-order valence-electron chi connectivity index (χ1n) is 14.8. The molecule has 2 atom stereocenters. The third-order valence-corrected chi connectivity index (χ3v) is 7.66. The number of aliphatic hydroxyl groups is 1. The number of hydrogen-bond donors (Lipinski definition) is 6. The highest BCUT2D eigenvalue weighted by atomic mass is 16.3. The van der Waals surface area contributed by atoms with Crippen LogP contribution in [0.5, 0.6) is 0 Å². The molecule has 1 saturated carbocycles. The van der Waals surface area contributed by atoms with E-state index in [1.54, 1.807) is 24.3 Å². The summed E-state index contributed by atoms with van der Waals surface area (Å²) in [6.45, 7) is 0.384. The van der Waals surface area contributed by atoms with E-state index in [2.05, 4.69) is 21.3 Å². The summed E-state index contributed by atoms with van der Waals surface area (Å²) in [5, 5.41) is 20.2. The second-order valence-corrected chi connectivity index (χ2v) is 10.9. The first-order valence-corrected chi connectivity index (χ1v) is 14.8. The summed E-state index contributed by atoms with van der Waals surface area (Å²) in [6, 6.07) is 4.22. The number of primary amides is 1. The summed E-state index contributed by atoms with van der Waals surface area (Å²) in [5.41, 5.74) is 6.31. The molecule has 234 valence electrons. The molecule has 0 spiro atoms. The van der Waals surface area contributed by atoms with E-state index in [1.165, 1.54) is 17.1 Å². The van der Waals surface area contributed by atoms with Gasteiger partial charge in [0, 0.05) is 37.3 Å². The zero-order valence-corrected chi connectivity index (χ0v) is 24.3. The van der Waals surface area contributed by atoms with Crippen molar-refractivity contribution >= 4 is 41.3 Å². The summed E-state index contributed by atoms with van der Waals surface area (Å²) in [7, 11) is 0. The van der Waals surface area contributed by atoms with Crippen LogP contribution in [0.1, 0.15) is 69.8 Å². The maximum atomic E-state index is 13.5. The second kappa shape index (κ2) is 17.0. The van der Waals surface area contributed by atoms with E-state index < -0.39 is 29.9 Å². The number of nitrogens with zero attached hydrogens (tertiary/aromatic N) is 1. The number of rotatable bonds is 17. The van der Waals surface area contributed by atoms with Crippen molar-refractivity contribution in [2.75, 3.05) is 18.4 Å². The molecule has 1 aliphatic carbocycles. The minimum atomic E-state index is -0.939. The van der Waals surface area contributed by atoms with Crippen molar-refractivity contribution in [3.8, 4) is 0 Å². The molecule has 43 heavy (non-hydrogen) atoms. The Balaban J connectivity index is 1.57. The molecule has 1 aromatic carbocycles. The van der Waals surface area contributed by atoms with Crippen LogP contribution in [0.4, 0.5) is 10.5 Å². The Kier molecular flexibility index (Phi) is 13.1. The molecular weight excluding hydrogens is 556 g/mol. The van der Waals surface area contributed by atoms with Crippen LogP contribution in [-0.2, 0) is 30.6 Å². The minimum Gasteiger partial charge on any atom is -0.392 e. The predicted molar refractivity (Wildman–Crippen MR) is 158 cm³/mol. The van der Waals surface area contributed by atoms with Crippen molar-refractivity contribution in [1.82, 2.24) is 20.9 Å². The molecule has 1 aromatic rings. The van der Waals surface area contributed by atoms with Gasteiger partial charge in [-0.2, -0.15) is 0 Å². The zero-order valence-electron chi connectivity index (χ0n) is 24.3. The number of unbranched alkanes of at least 4 members (excludes halogenated alkanes) is 2. The average Bonchev–Trinajstić information content (AvgIpc) is 3.63. The van der Waals surface area contributed by atoms with Crippen LogP contribution in [0.15, 0.2) is 36.4 Å². The Morgan fingerprint density at radius 2 is 1.58 bits per heavy atom. The van der Waals surface area contributed by atoms with Gasteiger partial charge >= 0.3 is 6.03 Å². The lowest BCUT2D eigenvalue weighted by Gasteiger charge is -2.27. The zero-order chi connectivity index (χ0) is 31.2. The van der Waals surface area contributed by atoms with E-state index in [4.69, 9.17) is 5.73 Å². The van der Waals surface area contributed by atoms with Crippen molar-refractivity contribution in [2.24, 2.45) is 11.7 Å². The van der Waals surface area contributed by atoms with E-state index >= 15 is 0 Å². The van der Waals surface area contributed by atoms with E-state index in [0.29, 0.717) is 43.5 Å². The molecule has 1 fully saturated rings. The quantitative estimate of drug-likeness (QED) is 0.114. The van der Waals surface area contributed by atoms with Crippen LogP contribution in [0, 0.1) is 5.92 Å². The van der Waals surface area contributed by atoms with Gasteiger partial charge in [-0.05, 0) is 62.1 Å². The largest absolute Gasteiger partial charge is 0.392 e. The summed E-state index contributed by atoms with van der Waals surface area (Å²) >= 11 is 0. The van der Waals surface area contributed by atoms with Gasteiger partial charge in [-0.15, -0.1) is 0 Å². The van der Waals surface area contributed by atoms with E-state index in [1.807, 2.05) is 0 Å². The number of hydrogen-bond acceptors (Lipinski definition) is 7. The van der Waals surface area contributed by atoms with E-state index in [9.17, 15) is 33.9 Å². The molecule has 0 bridgehead atoms. The highest BCUT2D eigenvalue weighted by molar-refractivity contribution is 6.12. The van der Waals surface area contributed by atoms with Gasteiger partial charge in [-0.1, -0.05) is 31.4 Å². The fourth-order valence-electron chi connectivity index (χ4n) is 5.29. The van der Waals surface area contributed by atoms with Crippen LogP contribution in [-0.4, -0.2) is 70.7 Å². The Bertz CT molecular complexity index is 1160. The lowest BCUT2D eigenvalue weighted by atomic mass is 9.96. The highest BCUT2D eigenvalue weighted by Gasteiger charge is 2.34. The molecule has 1 aliphatic heterocycles. The standard InChI is InChI=1S/C30H42N6O7/c31-30(43)32-17-6-9-23(28(41)33-22-13-11-20(19-37)12-14-22)34-29(42)27(21-7-3-4-8-21)35-24(38)10-2-1-5-18-36-25(39)15-16-26(36)40/h11-16,21,23,27,37H,1-10,17-19H2,(H,33,41)(H,34,42)(H,35,38)(H3,31,32,43)/t23-,27-/m0/s1. The maximum Gasteiger partial charge on any atom is 0.312 e. The summed E-state index contributed by atoms with van der Waals surface area (Å²) in [4.78, 5) is 75.2. The maximum absolute atomic E-state index is 13.5. The molecule has 7 amide bonds. The smallest absolute Gasteiger partial charge is 0.312 e. The topological polar surface area (TPSA) is 200 Å². The van der Waals surface area contributed by atoms with Crippen LogP contribution in [0.3, 0.4) is 0 Å². The Labute approximate surface area is 251 Å². The number of nitrogens with two attached hydrogens (primary N) is 1. The number of carbonyl (C=O) groups is 6. The SMILES string of the molecule is NC(=O)NCCC[C@H](NC(=O)[C@@H](NC(=O)CCCCCN1C(=O)C=CC1=O)C1CCCC1)C(=O)Nc1ccc(CO)cc1. The normalized spacial score (nSPS) is 16.2. The van der Waals surface area contributed by atoms with Gasteiger partial charge in [-0.3, -0.25) is 28.9 Å².